The van der Waals surface area contributed by atoms with Crippen LogP contribution < -0.4 is 0 Å². The fraction of sp³-hybridized carbons (Fsp3) is 0.455. The van der Waals surface area contributed by atoms with Crippen LogP contribution in [-0.4, -0.2) is 28.9 Å². The summed E-state index contributed by atoms with van der Waals surface area (Å²) in [6, 6.07) is 10.7. The van der Waals surface area contributed by atoms with Crippen molar-refractivity contribution in [3.63, 3.8) is 0 Å². The summed E-state index contributed by atoms with van der Waals surface area (Å²) in [6.07, 6.45) is 2.66. The van der Waals surface area contributed by atoms with Crippen LogP contribution in [-0.2, 0) is 4.79 Å². The SMILES string of the molecule is Cc1cc(-c2ccc(F)cc2)cc(C2CCCN(C(=O)CC(C)C)C2)n1. The number of aromatic nitrogens is 1. The predicted molar refractivity (Wildman–Crippen MR) is 102 cm³/mol. The van der Waals surface area contributed by atoms with E-state index in [2.05, 4.69) is 19.9 Å². The van der Waals surface area contributed by atoms with Gasteiger partial charge in [0.2, 0.25) is 5.91 Å². The molecular weight excluding hydrogens is 327 g/mol. The number of amides is 1. The maximum atomic E-state index is 13.2. The van der Waals surface area contributed by atoms with Crippen molar-refractivity contribution >= 4 is 5.91 Å². The first kappa shape index (κ1) is 18.6. The number of carbonyl (C=O) groups is 1. The van der Waals surface area contributed by atoms with Gasteiger partial charge in [0.1, 0.15) is 5.82 Å². The van der Waals surface area contributed by atoms with Gasteiger partial charge >= 0.3 is 0 Å². The van der Waals surface area contributed by atoms with E-state index in [1.807, 2.05) is 17.9 Å². The molecule has 1 atom stereocenters. The van der Waals surface area contributed by atoms with E-state index < -0.39 is 0 Å². The van der Waals surface area contributed by atoms with Gasteiger partial charge in [0, 0.05) is 36.8 Å². The van der Waals surface area contributed by atoms with E-state index in [1.54, 1.807) is 12.1 Å². The van der Waals surface area contributed by atoms with E-state index in [9.17, 15) is 9.18 Å². The first-order chi connectivity index (χ1) is 12.4. The molecule has 1 aromatic heterocycles. The molecule has 3 rings (SSSR count). The van der Waals surface area contributed by atoms with Crippen molar-refractivity contribution in [2.45, 2.75) is 46.0 Å². The Morgan fingerprint density at radius 2 is 1.96 bits per heavy atom. The lowest BCUT2D eigenvalue weighted by Crippen LogP contribution is -2.39. The summed E-state index contributed by atoms with van der Waals surface area (Å²) in [6.45, 7) is 7.73. The Balaban J connectivity index is 1.82. The number of likely N-dealkylation sites (tertiary alicyclic amines) is 1. The quantitative estimate of drug-likeness (QED) is 0.778. The molecule has 2 aromatic rings. The number of aryl methyl sites for hydroxylation is 1. The first-order valence-corrected chi connectivity index (χ1v) is 9.44. The van der Waals surface area contributed by atoms with Crippen LogP contribution in [0.3, 0.4) is 0 Å². The number of nitrogens with zero attached hydrogens (tertiary/aromatic N) is 2. The van der Waals surface area contributed by atoms with Crippen molar-refractivity contribution < 1.29 is 9.18 Å². The number of piperidine rings is 1. The Labute approximate surface area is 155 Å². The van der Waals surface area contributed by atoms with Gasteiger partial charge in [-0.15, -0.1) is 0 Å². The molecule has 1 saturated heterocycles. The van der Waals surface area contributed by atoms with Crippen LogP contribution in [0.4, 0.5) is 4.39 Å². The first-order valence-electron chi connectivity index (χ1n) is 9.44. The summed E-state index contributed by atoms with van der Waals surface area (Å²) in [5.74, 6) is 0.659. The molecule has 1 unspecified atom stereocenters. The van der Waals surface area contributed by atoms with E-state index in [1.165, 1.54) is 12.1 Å². The Hall–Kier alpha value is -2.23. The van der Waals surface area contributed by atoms with Gasteiger partial charge < -0.3 is 4.90 Å². The zero-order valence-corrected chi connectivity index (χ0v) is 15.8. The largest absolute Gasteiger partial charge is 0.342 e. The number of carbonyl (C=O) groups excluding carboxylic acids is 1. The van der Waals surface area contributed by atoms with Gasteiger partial charge in [-0.1, -0.05) is 26.0 Å². The standard InChI is InChI=1S/C22H27FN2O/c1-15(2)11-22(26)25-10-4-5-18(14-25)21-13-19(12-16(3)24-21)17-6-8-20(23)9-7-17/h6-9,12-13,15,18H,4-5,10-11,14H2,1-3H3. The van der Waals surface area contributed by atoms with Crippen molar-refractivity contribution in [1.82, 2.24) is 9.88 Å². The van der Waals surface area contributed by atoms with E-state index in [0.717, 1.165) is 48.4 Å². The van der Waals surface area contributed by atoms with Gasteiger partial charge in [-0.25, -0.2) is 4.39 Å². The van der Waals surface area contributed by atoms with Crippen LogP contribution in [0.25, 0.3) is 11.1 Å². The van der Waals surface area contributed by atoms with Gasteiger partial charge in [0.15, 0.2) is 0 Å². The van der Waals surface area contributed by atoms with Crippen molar-refractivity contribution in [2.75, 3.05) is 13.1 Å². The monoisotopic (exact) mass is 354 g/mol. The second kappa shape index (κ2) is 7.98. The highest BCUT2D eigenvalue weighted by atomic mass is 19.1. The fourth-order valence-corrected chi connectivity index (χ4v) is 3.64. The molecule has 1 amide bonds. The molecule has 2 heterocycles. The molecular formula is C22H27FN2O. The molecule has 0 aliphatic carbocycles. The van der Waals surface area contributed by atoms with Crippen LogP contribution >= 0.6 is 0 Å². The number of pyridine rings is 1. The predicted octanol–water partition coefficient (Wildman–Crippen LogP) is 4.95. The summed E-state index contributed by atoms with van der Waals surface area (Å²) in [5, 5.41) is 0. The Bertz CT molecular complexity index is 770. The summed E-state index contributed by atoms with van der Waals surface area (Å²) >= 11 is 0. The molecule has 4 heteroatoms. The number of hydrogen-bond donors (Lipinski definition) is 0. The third-order valence-corrected chi connectivity index (χ3v) is 4.93. The summed E-state index contributed by atoms with van der Waals surface area (Å²) in [4.78, 5) is 19.2. The Kier molecular flexibility index (Phi) is 5.70. The van der Waals surface area contributed by atoms with Gasteiger partial charge in [-0.05, 0) is 61.1 Å². The second-order valence-corrected chi connectivity index (χ2v) is 7.71. The van der Waals surface area contributed by atoms with Gasteiger partial charge in [0.25, 0.3) is 0 Å². The molecule has 0 saturated carbocycles. The van der Waals surface area contributed by atoms with Gasteiger partial charge in [0.05, 0.1) is 0 Å². The molecule has 1 aliphatic rings. The zero-order chi connectivity index (χ0) is 18.7. The van der Waals surface area contributed by atoms with Gasteiger partial charge in [-0.2, -0.15) is 0 Å². The molecule has 26 heavy (non-hydrogen) atoms. The summed E-state index contributed by atoms with van der Waals surface area (Å²) in [7, 11) is 0. The molecule has 0 spiro atoms. The van der Waals surface area contributed by atoms with Crippen LogP contribution in [0.5, 0.6) is 0 Å². The smallest absolute Gasteiger partial charge is 0.222 e. The van der Waals surface area contributed by atoms with Crippen molar-refractivity contribution in [1.29, 1.82) is 0 Å². The van der Waals surface area contributed by atoms with E-state index in [4.69, 9.17) is 4.98 Å². The molecule has 1 aromatic carbocycles. The molecule has 0 radical (unpaired) electrons. The Morgan fingerprint density at radius 1 is 1.23 bits per heavy atom. The molecule has 1 fully saturated rings. The maximum Gasteiger partial charge on any atom is 0.222 e. The summed E-state index contributed by atoms with van der Waals surface area (Å²) in [5.41, 5.74) is 4.03. The minimum atomic E-state index is -0.230. The van der Waals surface area contributed by atoms with Crippen molar-refractivity contribution in [2.24, 2.45) is 5.92 Å². The highest BCUT2D eigenvalue weighted by Crippen LogP contribution is 2.30. The summed E-state index contributed by atoms with van der Waals surface area (Å²) < 4.78 is 13.2. The molecule has 138 valence electrons. The molecule has 1 aliphatic heterocycles. The van der Waals surface area contributed by atoms with Crippen LogP contribution in [0.1, 0.15) is 50.4 Å². The maximum absolute atomic E-state index is 13.2. The number of halogens is 1. The molecule has 0 bridgehead atoms. The normalized spacial score (nSPS) is 17.6. The fourth-order valence-electron chi connectivity index (χ4n) is 3.64. The third kappa shape index (κ3) is 4.48. The van der Waals surface area contributed by atoms with Crippen molar-refractivity contribution in [3.8, 4) is 11.1 Å². The lowest BCUT2D eigenvalue weighted by Gasteiger charge is -2.33. The average Bonchev–Trinajstić information content (AvgIpc) is 2.61. The topological polar surface area (TPSA) is 33.2 Å². The van der Waals surface area contributed by atoms with E-state index >= 15 is 0 Å². The minimum Gasteiger partial charge on any atom is -0.342 e. The lowest BCUT2D eigenvalue weighted by atomic mass is 9.91. The van der Waals surface area contributed by atoms with Crippen LogP contribution in [0, 0.1) is 18.7 Å². The zero-order valence-electron chi connectivity index (χ0n) is 15.8. The van der Waals surface area contributed by atoms with E-state index in [-0.39, 0.29) is 17.6 Å². The highest BCUT2D eigenvalue weighted by molar-refractivity contribution is 5.76. The number of rotatable bonds is 4. The third-order valence-electron chi connectivity index (χ3n) is 4.93. The minimum absolute atomic E-state index is 0.230. The van der Waals surface area contributed by atoms with Crippen LogP contribution in [0.15, 0.2) is 36.4 Å². The number of benzene rings is 1. The molecule has 0 N–H and O–H groups in total. The lowest BCUT2D eigenvalue weighted by molar-refractivity contribution is -0.133. The average molecular weight is 354 g/mol. The number of hydrogen-bond acceptors (Lipinski definition) is 2. The highest BCUT2D eigenvalue weighted by Gasteiger charge is 2.26. The Morgan fingerprint density at radius 3 is 2.65 bits per heavy atom. The molecule has 3 nitrogen and oxygen atoms in total. The van der Waals surface area contributed by atoms with Crippen molar-refractivity contribution in [3.05, 3.63) is 53.6 Å². The van der Waals surface area contributed by atoms with E-state index in [0.29, 0.717) is 12.3 Å². The van der Waals surface area contributed by atoms with Gasteiger partial charge in [-0.3, -0.25) is 9.78 Å². The second-order valence-electron chi connectivity index (χ2n) is 7.71. The van der Waals surface area contributed by atoms with Crippen LogP contribution in [0.2, 0.25) is 0 Å².